The monoisotopic (exact) mass is 376 g/mol. The molecule has 8 nitrogen and oxygen atoms in total. The fraction of sp³-hybridized carbons (Fsp3) is 0.526. The Morgan fingerprint density at radius 1 is 1.00 bits per heavy atom. The SMILES string of the molecule is CCOC(=O)CNC(=O)N1CCCN1C(=O)Nc1c(CC)cccc1CC. The zero-order valence-electron chi connectivity index (χ0n) is 16.2. The molecule has 0 spiro atoms. The topological polar surface area (TPSA) is 91.0 Å². The summed E-state index contributed by atoms with van der Waals surface area (Å²) in [7, 11) is 0. The van der Waals surface area contributed by atoms with Crippen LogP contribution in [0.4, 0.5) is 15.3 Å². The van der Waals surface area contributed by atoms with Gasteiger partial charge in [0.25, 0.3) is 0 Å². The fourth-order valence-electron chi connectivity index (χ4n) is 3.06. The molecule has 1 saturated heterocycles. The van der Waals surface area contributed by atoms with Gasteiger partial charge < -0.3 is 15.4 Å². The first kappa shape index (κ1) is 20.5. The number of ether oxygens (including phenoxy) is 1. The van der Waals surface area contributed by atoms with E-state index in [1.165, 1.54) is 10.0 Å². The molecule has 1 aromatic carbocycles. The van der Waals surface area contributed by atoms with Crippen LogP contribution >= 0.6 is 0 Å². The Morgan fingerprint density at radius 3 is 2.15 bits per heavy atom. The lowest BCUT2D eigenvalue weighted by Crippen LogP contribution is -2.51. The van der Waals surface area contributed by atoms with E-state index < -0.39 is 12.0 Å². The lowest BCUT2D eigenvalue weighted by atomic mass is 10.0. The quantitative estimate of drug-likeness (QED) is 0.747. The minimum atomic E-state index is -0.509. The Balaban J connectivity index is 2.05. The molecule has 2 rings (SSSR count). The van der Waals surface area contributed by atoms with Crippen LogP contribution in [0.3, 0.4) is 0 Å². The lowest BCUT2D eigenvalue weighted by Gasteiger charge is -2.28. The van der Waals surface area contributed by atoms with Gasteiger partial charge in [-0.1, -0.05) is 32.0 Å². The first-order valence-electron chi connectivity index (χ1n) is 9.41. The standard InChI is InChI=1S/C19H28N4O4/c1-4-14-9-7-10-15(5-2)17(14)21-19(26)23-12-8-11-22(23)18(25)20-13-16(24)27-6-3/h7,9-10H,4-6,8,11-13H2,1-3H3,(H,20,25)(H,21,26). The molecule has 1 aliphatic rings. The average molecular weight is 376 g/mol. The van der Waals surface area contributed by atoms with E-state index in [-0.39, 0.29) is 19.2 Å². The Kier molecular flexibility index (Phi) is 7.45. The maximum atomic E-state index is 12.8. The average Bonchev–Trinajstić information content (AvgIpc) is 3.16. The molecule has 1 aromatic rings. The molecule has 4 amide bonds. The highest BCUT2D eigenvalue weighted by Crippen LogP contribution is 2.24. The molecule has 2 N–H and O–H groups in total. The van der Waals surface area contributed by atoms with Gasteiger partial charge in [0, 0.05) is 18.8 Å². The first-order chi connectivity index (χ1) is 13.0. The number of hydrogen-bond acceptors (Lipinski definition) is 4. The molecule has 0 unspecified atom stereocenters. The number of aryl methyl sites for hydroxylation is 2. The van der Waals surface area contributed by atoms with E-state index in [1.54, 1.807) is 6.92 Å². The first-order valence-corrected chi connectivity index (χ1v) is 9.41. The van der Waals surface area contributed by atoms with Gasteiger partial charge in [-0.15, -0.1) is 0 Å². The number of para-hydroxylation sites is 1. The van der Waals surface area contributed by atoms with Gasteiger partial charge in [-0.3, -0.25) is 4.79 Å². The number of amides is 4. The molecule has 0 radical (unpaired) electrons. The van der Waals surface area contributed by atoms with Gasteiger partial charge in [-0.25, -0.2) is 19.6 Å². The van der Waals surface area contributed by atoms with E-state index in [0.717, 1.165) is 29.7 Å². The van der Waals surface area contributed by atoms with E-state index in [4.69, 9.17) is 4.74 Å². The van der Waals surface area contributed by atoms with Crippen molar-refractivity contribution in [3.8, 4) is 0 Å². The second kappa shape index (κ2) is 9.80. The van der Waals surface area contributed by atoms with Crippen LogP contribution in [0, 0.1) is 0 Å². The third-order valence-corrected chi connectivity index (χ3v) is 4.42. The molecule has 0 aromatic heterocycles. The number of hydrogen-bond donors (Lipinski definition) is 2. The van der Waals surface area contributed by atoms with Crippen molar-refractivity contribution in [1.29, 1.82) is 0 Å². The van der Waals surface area contributed by atoms with E-state index in [2.05, 4.69) is 10.6 Å². The molecule has 0 bridgehead atoms. The molecule has 0 saturated carbocycles. The van der Waals surface area contributed by atoms with Crippen LogP contribution in [0.15, 0.2) is 18.2 Å². The van der Waals surface area contributed by atoms with E-state index in [0.29, 0.717) is 19.5 Å². The highest BCUT2D eigenvalue weighted by Gasteiger charge is 2.31. The Hall–Kier alpha value is -2.77. The number of urea groups is 2. The Morgan fingerprint density at radius 2 is 1.59 bits per heavy atom. The molecule has 1 fully saturated rings. The van der Waals surface area contributed by atoms with Gasteiger partial charge in [0.15, 0.2) is 0 Å². The van der Waals surface area contributed by atoms with Crippen molar-refractivity contribution in [3.63, 3.8) is 0 Å². The van der Waals surface area contributed by atoms with Gasteiger partial charge in [-0.2, -0.15) is 0 Å². The van der Waals surface area contributed by atoms with Gasteiger partial charge in [0.1, 0.15) is 6.54 Å². The third kappa shape index (κ3) is 5.12. The zero-order valence-corrected chi connectivity index (χ0v) is 16.2. The Labute approximate surface area is 159 Å². The Bertz CT molecular complexity index is 670. The van der Waals surface area contributed by atoms with E-state index in [1.807, 2.05) is 32.0 Å². The van der Waals surface area contributed by atoms with Crippen molar-refractivity contribution in [2.45, 2.75) is 40.0 Å². The van der Waals surface area contributed by atoms with Crippen molar-refractivity contribution in [1.82, 2.24) is 15.3 Å². The molecule has 8 heteroatoms. The predicted molar refractivity (Wildman–Crippen MR) is 102 cm³/mol. The van der Waals surface area contributed by atoms with Crippen LogP contribution in [-0.2, 0) is 22.4 Å². The van der Waals surface area contributed by atoms with Crippen molar-refractivity contribution < 1.29 is 19.1 Å². The highest BCUT2D eigenvalue weighted by atomic mass is 16.5. The van der Waals surface area contributed by atoms with Crippen LogP contribution in [-0.4, -0.2) is 54.3 Å². The molecular formula is C19H28N4O4. The summed E-state index contributed by atoms with van der Waals surface area (Å²) >= 11 is 0. The minimum Gasteiger partial charge on any atom is -0.465 e. The normalized spacial score (nSPS) is 13.4. The van der Waals surface area contributed by atoms with Gasteiger partial charge in [0.2, 0.25) is 0 Å². The van der Waals surface area contributed by atoms with Crippen LogP contribution in [0.2, 0.25) is 0 Å². The van der Waals surface area contributed by atoms with Crippen molar-refractivity contribution in [2.24, 2.45) is 0 Å². The molecule has 0 atom stereocenters. The highest BCUT2D eigenvalue weighted by molar-refractivity contribution is 5.93. The molecule has 27 heavy (non-hydrogen) atoms. The van der Waals surface area contributed by atoms with Crippen LogP contribution in [0.5, 0.6) is 0 Å². The summed E-state index contributed by atoms with van der Waals surface area (Å²) in [6, 6.07) is 5.12. The summed E-state index contributed by atoms with van der Waals surface area (Å²) in [5.41, 5.74) is 2.92. The largest absolute Gasteiger partial charge is 0.465 e. The third-order valence-electron chi connectivity index (χ3n) is 4.42. The smallest absolute Gasteiger partial charge is 0.340 e. The van der Waals surface area contributed by atoms with Crippen molar-refractivity contribution in [2.75, 3.05) is 31.6 Å². The summed E-state index contributed by atoms with van der Waals surface area (Å²) < 4.78 is 4.79. The number of rotatable bonds is 6. The van der Waals surface area contributed by atoms with Gasteiger partial charge in [-0.05, 0) is 37.3 Å². The molecule has 0 aliphatic carbocycles. The van der Waals surface area contributed by atoms with Crippen molar-refractivity contribution in [3.05, 3.63) is 29.3 Å². The number of nitrogens with one attached hydrogen (secondary N) is 2. The molecular weight excluding hydrogens is 348 g/mol. The number of benzene rings is 1. The van der Waals surface area contributed by atoms with E-state index in [9.17, 15) is 14.4 Å². The number of esters is 1. The second-order valence-electron chi connectivity index (χ2n) is 6.15. The maximum absolute atomic E-state index is 12.8. The summed E-state index contributed by atoms with van der Waals surface area (Å²) in [5, 5.41) is 8.17. The fourth-order valence-corrected chi connectivity index (χ4v) is 3.06. The van der Waals surface area contributed by atoms with Crippen LogP contribution in [0.25, 0.3) is 0 Å². The summed E-state index contributed by atoms with van der Waals surface area (Å²) in [5.74, 6) is -0.509. The minimum absolute atomic E-state index is 0.225. The number of nitrogens with zero attached hydrogens (tertiary/aromatic N) is 2. The summed E-state index contributed by atoms with van der Waals surface area (Å²) in [6.45, 7) is 6.66. The second-order valence-corrected chi connectivity index (χ2v) is 6.15. The predicted octanol–water partition coefficient (Wildman–Crippen LogP) is 2.54. The number of carbonyl (C=O) groups is 3. The summed E-state index contributed by atoms with van der Waals surface area (Å²) in [4.78, 5) is 36.6. The lowest BCUT2D eigenvalue weighted by molar-refractivity contribution is -0.141. The molecule has 1 heterocycles. The van der Waals surface area contributed by atoms with E-state index >= 15 is 0 Å². The van der Waals surface area contributed by atoms with Gasteiger partial charge in [0.05, 0.1) is 6.61 Å². The number of anilines is 1. The number of hydrazine groups is 1. The van der Waals surface area contributed by atoms with Crippen molar-refractivity contribution >= 4 is 23.7 Å². The molecule has 1 aliphatic heterocycles. The summed E-state index contributed by atoms with van der Waals surface area (Å²) in [6.07, 6.45) is 2.27. The zero-order chi connectivity index (χ0) is 19.8. The van der Waals surface area contributed by atoms with Crippen LogP contribution < -0.4 is 10.6 Å². The number of carbonyl (C=O) groups excluding carboxylic acids is 3. The molecule has 148 valence electrons. The maximum Gasteiger partial charge on any atom is 0.340 e. The van der Waals surface area contributed by atoms with Gasteiger partial charge >= 0.3 is 18.0 Å². The van der Waals surface area contributed by atoms with Crippen LogP contribution in [0.1, 0.15) is 38.3 Å².